The maximum absolute atomic E-state index is 12.1. The molecule has 126 valence electrons. The normalized spacial score (nSPS) is 11.9. The van der Waals surface area contributed by atoms with Gasteiger partial charge in [-0.15, -0.1) is 11.6 Å². The number of imidazole rings is 1. The van der Waals surface area contributed by atoms with Crippen molar-refractivity contribution in [3.8, 4) is 0 Å². The van der Waals surface area contributed by atoms with Crippen molar-refractivity contribution in [2.75, 3.05) is 20.3 Å². The van der Waals surface area contributed by atoms with Crippen LogP contribution in [0.1, 0.15) is 16.2 Å². The smallest absolute Gasteiger partial charge is 0.411 e. The number of hydrogen-bond acceptors (Lipinski definition) is 4. The first kappa shape index (κ1) is 17.6. The third-order valence-corrected chi connectivity index (χ3v) is 3.33. The van der Waals surface area contributed by atoms with E-state index in [1.165, 1.54) is 7.11 Å². The Morgan fingerprint density at radius 3 is 2.74 bits per heavy atom. The number of esters is 1. The molecule has 0 bridgehead atoms. The number of ether oxygens (including phenoxy) is 2. The van der Waals surface area contributed by atoms with Crippen LogP contribution in [0.15, 0.2) is 18.2 Å². The zero-order valence-electron chi connectivity index (χ0n) is 12.2. The summed E-state index contributed by atoms with van der Waals surface area (Å²) in [4.78, 5) is 15.9. The Bertz CT molecular complexity index is 700. The molecule has 1 heterocycles. The van der Waals surface area contributed by atoms with Crippen LogP contribution >= 0.6 is 11.6 Å². The Morgan fingerprint density at radius 2 is 2.13 bits per heavy atom. The number of carbonyl (C=O) groups excluding carboxylic acids is 1. The average molecular weight is 351 g/mol. The van der Waals surface area contributed by atoms with E-state index in [2.05, 4.69) is 14.5 Å². The molecular formula is C14H14ClF3N2O3. The minimum absolute atomic E-state index is 0.0848. The summed E-state index contributed by atoms with van der Waals surface area (Å²) in [5.74, 6) is 0.0568. The minimum Gasteiger partial charge on any atom is -0.465 e. The largest absolute Gasteiger partial charge is 0.465 e. The quantitative estimate of drug-likeness (QED) is 0.456. The Balaban J connectivity index is 2.23. The van der Waals surface area contributed by atoms with Crippen molar-refractivity contribution in [2.24, 2.45) is 0 Å². The molecule has 1 aromatic heterocycles. The van der Waals surface area contributed by atoms with Gasteiger partial charge < -0.3 is 14.0 Å². The zero-order valence-corrected chi connectivity index (χ0v) is 12.9. The lowest BCUT2D eigenvalue weighted by atomic mass is 10.2. The van der Waals surface area contributed by atoms with E-state index in [1.54, 1.807) is 22.8 Å². The van der Waals surface area contributed by atoms with E-state index in [0.29, 0.717) is 22.4 Å². The van der Waals surface area contributed by atoms with Crippen LogP contribution in [0.4, 0.5) is 13.2 Å². The van der Waals surface area contributed by atoms with Crippen LogP contribution in [0.5, 0.6) is 0 Å². The third-order valence-electron chi connectivity index (χ3n) is 3.09. The lowest BCUT2D eigenvalue weighted by Crippen LogP contribution is -2.19. The second kappa shape index (κ2) is 7.18. The molecule has 0 aliphatic heterocycles. The van der Waals surface area contributed by atoms with Gasteiger partial charge in [-0.2, -0.15) is 13.2 Å². The van der Waals surface area contributed by atoms with Crippen LogP contribution in [0.3, 0.4) is 0 Å². The predicted octanol–water partition coefficient (Wildman–Crippen LogP) is 3.14. The van der Waals surface area contributed by atoms with Gasteiger partial charge in [0.15, 0.2) is 0 Å². The van der Waals surface area contributed by atoms with Crippen LogP contribution in [0.2, 0.25) is 0 Å². The molecule has 0 aliphatic rings. The van der Waals surface area contributed by atoms with Crippen LogP contribution in [-0.4, -0.2) is 42.0 Å². The topological polar surface area (TPSA) is 53.3 Å². The number of fused-ring (bicyclic) bond motifs is 1. The summed E-state index contributed by atoms with van der Waals surface area (Å²) in [6.07, 6.45) is -4.37. The third kappa shape index (κ3) is 4.35. The van der Waals surface area contributed by atoms with Gasteiger partial charge in [0, 0.05) is 6.54 Å². The van der Waals surface area contributed by atoms with Crippen LogP contribution in [-0.2, 0) is 21.9 Å². The second-order valence-corrected chi connectivity index (χ2v) is 4.94. The Hall–Kier alpha value is -1.80. The molecule has 0 fully saturated rings. The van der Waals surface area contributed by atoms with E-state index < -0.39 is 18.8 Å². The summed E-state index contributed by atoms with van der Waals surface area (Å²) >= 11 is 5.82. The molecule has 0 saturated carbocycles. The summed E-state index contributed by atoms with van der Waals surface area (Å²) in [5, 5.41) is 0. The predicted molar refractivity (Wildman–Crippen MR) is 77.5 cm³/mol. The van der Waals surface area contributed by atoms with Crippen molar-refractivity contribution in [1.82, 2.24) is 9.55 Å². The van der Waals surface area contributed by atoms with Crippen molar-refractivity contribution in [3.63, 3.8) is 0 Å². The van der Waals surface area contributed by atoms with E-state index in [4.69, 9.17) is 11.6 Å². The fourth-order valence-electron chi connectivity index (χ4n) is 2.11. The molecule has 1 aromatic carbocycles. The van der Waals surface area contributed by atoms with Gasteiger partial charge in [-0.05, 0) is 18.2 Å². The molecule has 5 nitrogen and oxygen atoms in total. The van der Waals surface area contributed by atoms with Crippen LogP contribution < -0.4 is 0 Å². The highest BCUT2D eigenvalue weighted by atomic mass is 35.5. The maximum Gasteiger partial charge on any atom is 0.411 e. The first-order valence-corrected chi connectivity index (χ1v) is 7.17. The average Bonchev–Trinajstić information content (AvgIpc) is 2.86. The molecule has 2 rings (SSSR count). The lowest BCUT2D eigenvalue weighted by Gasteiger charge is -2.10. The molecule has 0 saturated heterocycles. The second-order valence-electron chi connectivity index (χ2n) is 4.68. The Morgan fingerprint density at radius 1 is 1.39 bits per heavy atom. The van der Waals surface area contributed by atoms with Crippen molar-refractivity contribution < 1.29 is 27.4 Å². The van der Waals surface area contributed by atoms with Crippen molar-refractivity contribution in [2.45, 2.75) is 18.6 Å². The molecule has 0 unspecified atom stereocenters. The molecular weight excluding hydrogens is 337 g/mol. The van der Waals surface area contributed by atoms with Crippen molar-refractivity contribution in [1.29, 1.82) is 0 Å². The fourth-order valence-corrected chi connectivity index (χ4v) is 2.32. The number of methoxy groups -OCH3 is 1. The zero-order chi connectivity index (χ0) is 17.0. The number of aromatic nitrogens is 2. The van der Waals surface area contributed by atoms with Gasteiger partial charge in [0.05, 0.1) is 36.2 Å². The van der Waals surface area contributed by atoms with Gasteiger partial charge in [-0.3, -0.25) is 0 Å². The molecule has 0 spiro atoms. The van der Waals surface area contributed by atoms with E-state index in [1.807, 2.05) is 0 Å². The summed E-state index contributed by atoms with van der Waals surface area (Å²) < 4.78 is 47.1. The Kier molecular flexibility index (Phi) is 5.48. The molecule has 0 aliphatic carbocycles. The van der Waals surface area contributed by atoms with Gasteiger partial charge in [0.25, 0.3) is 0 Å². The summed E-state index contributed by atoms with van der Waals surface area (Å²) in [6.45, 7) is -1.33. The molecule has 23 heavy (non-hydrogen) atoms. The Labute approximate surface area is 134 Å². The van der Waals surface area contributed by atoms with E-state index >= 15 is 0 Å². The number of halogens is 4. The van der Waals surface area contributed by atoms with Gasteiger partial charge in [-0.25, -0.2) is 9.78 Å². The summed E-state index contributed by atoms with van der Waals surface area (Å²) in [6, 6.07) is 4.75. The number of rotatable bonds is 6. The molecule has 0 radical (unpaired) electrons. The standard InChI is InChI=1S/C14H14ClF3N2O3/c1-22-13(21)9-2-3-10-11(6-9)20(12(7-15)19-10)4-5-23-8-14(16,17)18/h2-3,6H,4-5,7-8H2,1H3. The van der Waals surface area contributed by atoms with Gasteiger partial charge in [0.2, 0.25) is 0 Å². The van der Waals surface area contributed by atoms with E-state index in [0.717, 1.165) is 0 Å². The van der Waals surface area contributed by atoms with Gasteiger partial charge >= 0.3 is 12.1 Å². The molecule has 2 aromatic rings. The van der Waals surface area contributed by atoms with E-state index in [-0.39, 0.29) is 19.0 Å². The highest BCUT2D eigenvalue weighted by Crippen LogP contribution is 2.20. The number of benzene rings is 1. The monoisotopic (exact) mass is 350 g/mol. The molecule has 0 amide bonds. The van der Waals surface area contributed by atoms with E-state index in [9.17, 15) is 18.0 Å². The number of nitrogens with zero attached hydrogens (tertiary/aromatic N) is 2. The SMILES string of the molecule is COC(=O)c1ccc2nc(CCl)n(CCOCC(F)(F)F)c2c1. The minimum atomic E-state index is -4.37. The highest BCUT2D eigenvalue weighted by molar-refractivity contribution is 6.16. The lowest BCUT2D eigenvalue weighted by molar-refractivity contribution is -0.174. The maximum atomic E-state index is 12.1. The molecule has 9 heteroatoms. The van der Waals surface area contributed by atoms with Crippen LogP contribution in [0.25, 0.3) is 11.0 Å². The van der Waals surface area contributed by atoms with Crippen molar-refractivity contribution in [3.05, 3.63) is 29.6 Å². The number of hydrogen-bond donors (Lipinski definition) is 0. The van der Waals surface area contributed by atoms with Gasteiger partial charge in [-0.1, -0.05) is 0 Å². The number of alkyl halides is 4. The fraction of sp³-hybridized carbons (Fsp3) is 0.429. The number of carbonyl (C=O) groups is 1. The molecule has 0 N–H and O–H groups in total. The summed E-state index contributed by atoms with van der Waals surface area (Å²) in [5.41, 5.74) is 1.49. The van der Waals surface area contributed by atoms with Crippen LogP contribution in [0, 0.1) is 0 Å². The first-order valence-electron chi connectivity index (χ1n) is 6.63. The van der Waals surface area contributed by atoms with Gasteiger partial charge in [0.1, 0.15) is 12.4 Å². The highest BCUT2D eigenvalue weighted by Gasteiger charge is 2.27. The van der Waals surface area contributed by atoms with Crippen molar-refractivity contribution >= 4 is 28.6 Å². The summed E-state index contributed by atoms with van der Waals surface area (Å²) in [7, 11) is 1.26. The molecule has 0 atom stereocenters. The first-order chi connectivity index (χ1) is 10.9.